The van der Waals surface area contributed by atoms with Crippen LogP contribution in [0.15, 0.2) is 0 Å². The maximum Gasteiger partial charge on any atom is 0.303 e. The van der Waals surface area contributed by atoms with Crippen molar-refractivity contribution in [3.05, 3.63) is 0 Å². The lowest BCUT2D eigenvalue weighted by atomic mass is 9.69. The van der Waals surface area contributed by atoms with Gasteiger partial charge in [-0.2, -0.15) is 0 Å². The molecule has 0 heterocycles. The molecule has 0 unspecified atom stereocenters. The Morgan fingerprint density at radius 1 is 0.958 bits per heavy atom. The summed E-state index contributed by atoms with van der Waals surface area (Å²) in [6.45, 7) is 2.15. The molecule has 2 aliphatic rings. The minimum atomic E-state index is -0.728. The van der Waals surface area contributed by atoms with Crippen LogP contribution in [0, 0.1) is 23.7 Å². The molecule has 0 bridgehead atoms. The highest BCUT2D eigenvalue weighted by atomic mass is 16.4. The summed E-state index contributed by atoms with van der Waals surface area (Å²) in [5, 5.41) is 8.64. The van der Waals surface area contributed by atoms with Gasteiger partial charge in [0.25, 0.3) is 0 Å². The molecule has 0 aromatic heterocycles. The molecule has 2 aliphatic carbocycles. The van der Waals surface area contributed by atoms with Gasteiger partial charge < -0.3 is 5.11 Å². The first-order valence-corrected chi connectivity index (χ1v) is 9.81. The molecule has 4 heteroatoms. The van der Waals surface area contributed by atoms with Crippen molar-refractivity contribution < 1.29 is 19.5 Å². The standard InChI is InChI=1S/C20H32O4/c1-2-3-8-16-17-13-19(22)15(14(17)11-12-18(16)21)9-6-4-5-7-10-20(23)24/h14-17H,2-13H2,1H3,(H,23,24)/t14-,15+,16+,17+/m1/s1. The largest absolute Gasteiger partial charge is 0.481 e. The average molecular weight is 336 g/mol. The third-order valence-electron chi connectivity index (χ3n) is 6.10. The molecule has 0 aromatic carbocycles. The molecule has 4 atom stereocenters. The number of Topliss-reactive ketones (excluding diaryl/α,β-unsaturated/α-hetero) is 2. The van der Waals surface area contributed by atoms with Gasteiger partial charge in [0, 0.05) is 31.1 Å². The summed E-state index contributed by atoms with van der Waals surface area (Å²) in [5.41, 5.74) is 0. The van der Waals surface area contributed by atoms with Gasteiger partial charge in [-0.25, -0.2) is 0 Å². The van der Waals surface area contributed by atoms with E-state index in [2.05, 4.69) is 6.92 Å². The first-order valence-electron chi connectivity index (χ1n) is 9.81. The zero-order valence-corrected chi connectivity index (χ0v) is 15.0. The number of hydrogen-bond donors (Lipinski definition) is 1. The van der Waals surface area contributed by atoms with Crippen LogP contribution >= 0.6 is 0 Å². The number of hydrogen-bond acceptors (Lipinski definition) is 3. The van der Waals surface area contributed by atoms with Crippen molar-refractivity contribution in [2.24, 2.45) is 23.7 Å². The number of carbonyl (C=O) groups is 3. The maximum atomic E-state index is 12.5. The second-order valence-corrected chi connectivity index (χ2v) is 7.70. The van der Waals surface area contributed by atoms with E-state index in [0.717, 1.165) is 57.8 Å². The minimum Gasteiger partial charge on any atom is -0.481 e. The molecule has 2 fully saturated rings. The summed E-state index contributed by atoms with van der Waals surface area (Å²) in [6.07, 6.45) is 10.2. The lowest BCUT2D eigenvalue weighted by Gasteiger charge is -2.34. The third kappa shape index (κ3) is 4.90. The molecule has 0 amide bonds. The number of unbranched alkanes of at least 4 members (excludes halogenated alkanes) is 4. The molecule has 0 radical (unpaired) electrons. The Morgan fingerprint density at radius 3 is 2.33 bits per heavy atom. The number of carboxylic acids is 1. The zero-order chi connectivity index (χ0) is 17.5. The summed E-state index contributed by atoms with van der Waals surface area (Å²) in [6, 6.07) is 0. The van der Waals surface area contributed by atoms with Crippen molar-refractivity contribution in [3.8, 4) is 0 Å². The highest BCUT2D eigenvalue weighted by Gasteiger charge is 2.48. The van der Waals surface area contributed by atoms with Crippen LogP contribution < -0.4 is 0 Å². The van der Waals surface area contributed by atoms with Gasteiger partial charge in [0.2, 0.25) is 0 Å². The van der Waals surface area contributed by atoms with E-state index in [1.54, 1.807) is 0 Å². The molecule has 0 spiro atoms. The smallest absolute Gasteiger partial charge is 0.303 e. The van der Waals surface area contributed by atoms with Crippen molar-refractivity contribution in [2.75, 3.05) is 0 Å². The minimum absolute atomic E-state index is 0.133. The summed E-state index contributed by atoms with van der Waals surface area (Å²) >= 11 is 0. The van der Waals surface area contributed by atoms with Gasteiger partial charge in [0.15, 0.2) is 0 Å². The van der Waals surface area contributed by atoms with Crippen LogP contribution in [0.2, 0.25) is 0 Å². The molecular formula is C20H32O4. The third-order valence-corrected chi connectivity index (χ3v) is 6.10. The Bertz CT molecular complexity index is 457. The lowest BCUT2D eigenvalue weighted by molar-refractivity contribution is -0.137. The van der Waals surface area contributed by atoms with E-state index in [1.165, 1.54) is 0 Å². The molecule has 1 N–H and O–H groups in total. The maximum absolute atomic E-state index is 12.5. The Morgan fingerprint density at radius 2 is 1.62 bits per heavy atom. The Balaban J connectivity index is 1.81. The van der Waals surface area contributed by atoms with Gasteiger partial charge >= 0.3 is 5.97 Å². The zero-order valence-electron chi connectivity index (χ0n) is 15.0. The van der Waals surface area contributed by atoms with Crippen molar-refractivity contribution >= 4 is 17.5 Å². The lowest BCUT2D eigenvalue weighted by Crippen LogP contribution is -2.34. The molecule has 0 aromatic rings. The van der Waals surface area contributed by atoms with Crippen LogP contribution in [0.4, 0.5) is 0 Å². The van der Waals surface area contributed by atoms with Crippen molar-refractivity contribution in [1.29, 1.82) is 0 Å². The second kappa shape index (κ2) is 9.33. The van der Waals surface area contributed by atoms with E-state index in [-0.39, 0.29) is 18.3 Å². The van der Waals surface area contributed by atoms with Crippen LogP contribution in [0.25, 0.3) is 0 Å². The monoisotopic (exact) mass is 336 g/mol. The molecular weight excluding hydrogens is 304 g/mol. The SMILES string of the molecule is CCCC[C@@H]1C(=O)CC[C@H]2[C@@H]1CC(=O)[C@H]2CCCCCCC(=O)O. The van der Waals surface area contributed by atoms with Gasteiger partial charge in [-0.15, -0.1) is 0 Å². The van der Waals surface area contributed by atoms with Gasteiger partial charge in [0.05, 0.1) is 0 Å². The highest BCUT2D eigenvalue weighted by Crippen LogP contribution is 2.48. The van der Waals surface area contributed by atoms with Crippen molar-refractivity contribution in [3.63, 3.8) is 0 Å². The first-order chi connectivity index (χ1) is 11.5. The fraction of sp³-hybridized carbons (Fsp3) is 0.850. The number of ketones is 2. The fourth-order valence-electron chi connectivity index (χ4n) is 4.83. The molecule has 0 aliphatic heterocycles. The number of aliphatic carboxylic acids is 1. The number of carboxylic acid groups (broad SMARTS) is 1. The topological polar surface area (TPSA) is 71.4 Å². The molecule has 2 rings (SSSR count). The van der Waals surface area contributed by atoms with Crippen LogP contribution in [0.3, 0.4) is 0 Å². The van der Waals surface area contributed by atoms with E-state index in [9.17, 15) is 14.4 Å². The van der Waals surface area contributed by atoms with Gasteiger partial charge in [-0.3, -0.25) is 14.4 Å². The van der Waals surface area contributed by atoms with Crippen molar-refractivity contribution in [2.45, 2.75) is 84.0 Å². The summed E-state index contributed by atoms with van der Waals surface area (Å²) in [5.74, 6) is 1.07. The number of carbonyl (C=O) groups excluding carboxylic acids is 2. The number of fused-ring (bicyclic) bond motifs is 1. The van der Waals surface area contributed by atoms with Gasteiger partial charge in [-0.05, 0) is 37.5 Å². The summed E-state index contributed by atoms with van der Waals surface area (Å²) in [7, 11) is 0. The van der Waals surface area contributed by atoms with Crippen LogP contribution in [0.1, 0.15) is 84.0 Å². The van der Waals surface area contributed by atoms with Crippen LogP contribution in [0.5, 0.6) is 0 Å². The summed E-state index contributed by atoms with van der Waals surface area (Å²) < 4.78 is 0. The average Bonchev–Trinajstić information content (AvgIpc) is 2.85. The Kier molecular flexibility index (Phi) is 7.44. The predicted octanol–water partition coefficient (Wildman–Crippen LogP) is 4.40. The van der Waals surface area contributed by atoms with Gasteiger partial charge in [-0.1, -0.05) is 39.0 Å². The normalized spacial score (nSPS) is 29.7. The molecule has 136 valence electrons. The van der Waals surface area contributed by atoms with Crippen molar-refractivity contribution in [1.82, 2.24) is 0 Å². The first kappa shape index (κ1) is 19.1. The van der Waals surface area contributed by atoms with E-state index in [1.807, 2.05) is 0 Å². The Hall–Kier alpha value is -1.19. The van der Waals surface area contributed by atoms with E-state index < -0.39 is 5.97 Å². The van der Waals surface area contributed by atoms with E-state index in [0.29, 0.717) is 36.2 Å². The highest BCUT2D eigenvalue weighted by molar-refractivity contribution is 5.88. The van der Waals surface area contributed by atoms with Crippen LogP contribution in [-0.2, 0) is 14.4 Å². The Labute approximate surface area is 145 Å². The van der Waals surface area contributed by atoms with E-state index >= 15 is 0 Å². The molecule has 2 saturated carbocycles. The fourth-order valence-corrected chi connectivity index (χ4v) is 4.83. The quantitative estimate of drug-likeness (QED) is 0.600. The molecule has 4 nitrogen and oxygen atoms in total. The molecule has 0 saturated heterocycles. The van der Waals surface area contributed by atoms with Gasteiger partial charge in [0.1, 0.15) is 11.6 Å². The van der Waals surface area contributed by atoms with E-state index in [4.69, 9.17) is 5.11 Å². The molecule has 24 heavy (non-hydrogen) atoms. The van der Waals surface area contributed by atoms with Crippen LogP contribution in [-0.4, -0.2) is 22.6 Å². The number of rotatable bonds is 10. The second-order valence-electron chi connectivity index (χ2n) is 7.70. The summed E-state index contributed by atoms with van der Waals surface area (Å²) in [4.78, 5) is 35.3. The predicted molar refractivity (Wildman–Crippen MR) is 92.7 cm³/mol.